The molecule has 1 heteroatoms. The Balaban J connectivity index is 1.73. The Morgan fingerprint density at radius 3 is 2.70 bits per heavy atom. The highest BCUT2D eigenvalue weighted by Gasteiger charge is 2.39. The topological polar surface area (TPSA) is 17.1 Å². The van der Waals surface area contributed by atoms with Gasteiger partial charge in [-0.2, -0.15) is 0 Å². The number of allylic oxidation sites excluding steroid dienone is 4. The van der Waals surface area contributed by atoms with Crippen LogP contribution in [0.5, 0.6) is 0 Å². The molecule has 20 heavy (non-hydrogen) atoms. The van der Waals surface area contributed by atoms with E-state index in [2.05, 4.69) is 6.08 Å². The number of rotatable bonds is 2. The molecular formula is C19H20O. The Bertz CT molecular complexity index is 606. The van der Waals surface area contributed by atoms with Gasteiger partial charge in [-0.3, -0.25) is 4.79 Å². The maximum atomic E-state index is 12.9. The third-order valence-corrected chi connectivity index (χ3v) is 5.23. The van der Waals surface area contributed by atoms with Gasteiger partial charge in [0.25, 0.3) is 0 Å². The van der Waals surface area contributed by atoms with Crippen molar-refractivity contribution in [3.8, 4) is 0 Å². The molecule has 102 valence electrons. The molecule has 0 aromatic heterocycles. The lowest BCUT2D eigenvalue weighted by molar-refractivity contribution is 0.0918. The van der Waals surface area contributed by atoms with Crippen molar-refractivity contribution in [2.45, 2.75) is 38.5 Å². The molecule has 4 rings (SSSR count). The van der Waals surface area contributed by atoms with Crippen molar-refractivity contribution in [1.29, 1.82) is 0 Å². The van der Waals surface area contributed by atoms with Gasteiger partial charge in [-0.15, -0.1) is 0 Å². The number of benzene rings is 1. The summed E-state index contributed by atoms with van der Waals surface area (Å²) in [5.41, 5.74) is 5.63. The van der Waals surface area contributed by atoms with Crippen LogP contribution in [0.15, 0.2) is 53.1 Å². The van der Waals surface area contributed by atoms with E-state index in [1.807, 2.05) is 30.3 Å². The molecule has 3 aliphatic rings. The fourth-order valence-electron chi connectivity index (χ4n) is 4.35. The molecule has 2 atom stereocenters. The summed E-state index contributed by atoms with van der Waals surface area (Å²) >= 11 is 0. The van der Waals surface area contributed by atoms with E-state index in [1.165, 1.54) is 44.1 Å². The Morgan fingerprint density at radius 1 is 1.00 bits per heavy atom. The molecule has 0 spiro atoms. The summed E-state index contributed by atoms with van der Waals surface area (Å²) in [5, 5.41) is 0. The monoisotopic (exact) mass is 264 g/mol. The zero-order valence-corrected chi connectivity index (χ0v) is 11.8. The molecule has 0 heterocycles. The second-order valence-corrected chi connectivity index (χ2v) is 6.30. The number of fused-ring (bicyclic) bond motifs is 2. The summed E-state index contributed by atoms with van der Waals surface area (Å²) < 4.78 is 0. The number of Topliss-reactive ketones (excluding diaryl/α,β-unsaturated/α-hetero) is 1. The summed E-state index contributed by atoms with van der Waals surface area (Å²) in [4.78, 5) is 12.9. The maximum Gasteiger partial charge on any atom is 0.170 e. The second-order valence-electron chi connectivity index (χ2n) is 6.30. The molecule has 0 saturated heterocycles. The van der Waals surface area contributed by atoms with Gasteiger partial charge in [0.1, 0.15) is 0 Å². The van der Waals surface area contributed by atoms with Crippen LogP contribution >= 0.6 is 0 Å². The van der Waals surface area contributed by atoms with Crippen LogP contribution < -0.4 is 0 Å². The molecule has 0 unspecified atom stereocenters. The summed E-state index contributed by atoms with van der Waals surface area (Å²) in [7, 11) is 0. The standard InChI is InChI=1S/C19H20O/c20-19(13-6-2-1-3-7-13)18-12-14-8-4-9-15(14)16-10-5-11-17(16)18/h1-3,6-7,12,17-18H,4-5,8-11H2/t17-,18+/m0/s1. The highest BCUT2D eigenvalue weighted by atomic mass is 16.1. The highest BCUT2D eigenvalue weighted by Crippen LogP contribution is 2.49. The molecule has 0 bridgehead atoms. The van der Waals surface area contributed by atoms with Gasteiger partial charge in [0.15, 0.2) is 5.78 Å². The van der Waals surface area contributed by atoms with Crippen molar-refractivity contribution < 1.29 is 4.79 Å². The highest BCUT2D eigenvalue weighted by molar-refractivity contribution is 5.99. The van der Waals surface area contributed by atoms with Gasteiger partial charge in [-0.05, 0) is 55.6 Å². The SMILES string of the molecule is O=C(c1ccccc1)[C@@H]1C=C2CCCC2=C2CCC[C@@H]21. The largest absolute Gasteiger partial charge is 0.293 e. The number of carbonyl (C=O) groups excluding carboxylic acids is 1. The van der Waals surface area contributed by atoms with E-state index >= 15 is 0 Å². The summed E-state index contributed by atoms with van der Waals surface area (Å²) in [6.45, 7) is 0. The molecule has 1 aromatic rings. The lowest BCUT2D eigenvalue weighted by atomic mass is 9.75. The molecule has 0 aliphatic heterocycles. The van der Waals surface area contributed by atoms with Crippen molar-refractivity contribution in [3.05, 3.63) is 58.7 Å². The van der Waals surface area contributed by atoms with Crippen LogP contribution in [0.4, 0.5) is 0 Å². The molecule has 0 radical (unpaired) electrons. The lowest BCUT2D eigenvalue weighted by Gasteiger charge is -2.28. The quantitative estimate of drug-likeness (QED) is 0.707. The first-order chi connectivity index (χ1) is 9.84. The Labute approximate surface area is 120 Å². The van der Waals surface area contributed by atoms with Crippen molar-refractivity contribution in [3.63, 3.8) is 0 Å². The number of hydrogen-bond acceptors (Lipinski definition) is 1. The minimum Gasteiger partial charge on any atom is -0.293 e. The van der Waals surface area contributed by atoms with Gasteiger partial charge in [0.05, 0.1) is 0 Å². The summed E-state index contributed by atoms with van der Waals surface area (Å²) in [6, 6.07) is 9.84. The molecule has 3 aliphatic carbocycles. The van der Waals surface area contributed by atoms with E-state index in [9.17, 15) is 4.79 Å². The van der Waals surface area contributed by atoms with Gasteiger partial charge in [0.2, 0.25) is 0 Å². The van der Waals surface area contributed by atoms with Crippen LogP contribution in [-0.4, -0.2) is 5.78 Å². The molecule has 2 fully saturated rings. The van der Waals surface area contributed by atoms with Gasteiger partial charge in [-0.1, -0.05) is 42.0 Å². The minimum atomic E-state index is 0.103. The Morgan fingerprint density at radius 2 is 1.85 bits per heavy atom. The zero-order chi connectivity index (χ0) is 13.5. The van der Waals surface area contributed by atoms with Gasteiger partial charge in [0, 0.05) is 11.5 Å². The third kappa shape index (κ3) is 1.80. The van der Waals surface area contributed by atoms with Crippen molar-refractivity contribution in [1.82, 2.24) is 0 Å². The van der Waals surface area contributed by atoms with Crippen LogP contribution in [0, 0.1) is 11.8 Å². The first kappa shape index (κ1) is 12.1. The maximum absolute atomic E-state index is 12.9. The van der Waals surface area contributed by atoms with Crippen molar-refractivity contribution in [2.75, 3.05) is 0 Å². The number of hydrogen-bond donors (Lipinski definition) is 0. The third-order valence-electron chi connectivity index (χ3n) is 5.23. The average molecular weight is 264 g/mol. The Hall–Kier alpha value is -1.63. The van der Waals surface area contributed by atoms with E-state index < -0.39 is 0 Å². The zero-order valence-electron chi connectivity index (χ0n) is 11.8. The van der Waals surface area contributed by atoms with Crippen LogP contribution in [0.2, 0.25) is 0 Å². The van der Waals surface area contributed by atoms with Crippen LogP contribution in [0.3, 0.4) is 0 Å². The number of ketones is 1. The normalized spacial score (nSPS) is 28.1. The first-order valence-corrected chi connectivity index (χ1v) is 7.87. The van der Waals surface area contributed by atoms with E-state index in [-0.39, 0.29) is 5.92 Å². The molecule has 0 amide bonds. The molecule has 0 N–H and O–H groups in total. The fraction of sp³-hybridized carbons (Fsp3) is 0.421. The molecule has 1 nitrogen and oxygen atoms in total. The molecular weight excluding hydrogens is 244 g/mol. The van der Waals surface area contributed by atoms with Crippen LogP contribution in [0.1, 0.15) is 48.9 Å². The van der Waals surface area contributed by atoms with Gasteiger partial charge >= 0.3 is 0 Å². The predicted octanol–water partition coefficient (Wildman–Crippen LogP) is 4.71. The number of carbonyl (C=O) groups is 1. The lowest BCUT2D eigenvalue weighted by Crippen LogP contribution is -2.25. The Kier molecular flexibility index (Phi) is 2.87. The van der Waals surface area contributed by atoms with Crippen LogP contribution in [0.25, 0.3) is 0 Å². The summed E-state index contributed by atoms with van der Waals surface area (Å²) in [6.07, 6.45) is 9.74. The van der Waals surface area contributed by atoms with Gasteiger partial charge < -0.3 is 0 Å². The smallest absolute Gasteiger partial charge is 0.170 e. The van der Waals surface area contributed by atoms with Crippen LogP contribution in [-0.2, 0) is 0 Å². The first-order valence-electron chi connectivity index (χ1n) is 7.87. The van der Waals surface area contributed by atoms with E-state index in [1.54, 1.807) is 11.1 Å². The summed E-state index contributed by atoms with van der Waals surface area (Å²) in [5.74, 6) is 0.930. The predicted molar refractivity (Wildman–Crippen MR) is 80.6 cm³/mol. The second kappa shape index (κ2) is 4.73. The van der Waals surface area contributed by atoms with E-state index in [0.29, 0.717) is 11.7 Å². The minimum absolute atomic E-state index is 0.103. The van der Waals surface area contributed by atoms with Gasteiger partial charge in [-0.25, -0.2) is 0 Å². The average Bonchev–Trinajstić information content (AvgIpc) is 3.14. The van der Waals surface area contributed by atoms with Crippen molar-refractivity contribution in [2.24, 2.45) is 11.8 Å². The van der Waals surface area contributed by atoms with E-state index in [0.717, 1.165) is 5.56 Å². The van der Waals surface area contributed by atoms with Crippen molar-refractivity contribution >= 4 is 5.78 Å². The molecule has 2 saturated carbocycles. The molecule has 1 aromatic carbocycles. The fourth-order valence-corrected chi connectivity index (χ4v) is 4.35. The van der Waals surface area contributed by atoms with E-state index in [4.69, 9.17) is 0 Å².